The quantitative estimate of drug-likeness (QED) is 0.794. The number of hydrogen-bond donors (Lipinski definition) is 0. The predicted molar refractivity (Wildman–Crippen MR) is 65.9 cm³/mol. The molecule has 0 bridgehead atoms. The monoisotopic (exact) mass is 300 g/mol. The Morgan fingerprint density at radius 3 is 2.94 bits per heavy atom. The lowest BCUT2D eigenvalue weighted by Gasteiger charge is -2.07. The lowest BCUT2D eigenvalue weighted by molar-refractivity contribution is 0.0487. The maximum absolute atomic E-state index is 11.6. The second-order valence-electron chi connectivity index (χ2n) is 3.61. The SMILES string of the molecule is CCOC(=O)c1cc2c(o1)=C(OC)CCC=2Br. The molecule has 2 rings (SSSR count). The molecular formula is C12H13BrO4. The van der Waals surface area contributed by atoms with Gasteiger partial charge in [0, 0.05) is 22.2 Å². The minimum Gasteiger partial charge on any atom is -0.497 e. The Morgan fingerprint density at radius 2 is 2.29 bits per heavy atom. The van der Waals surface area contributed by atoms with Crippen molar-refractivity contribution in [3.63, 3.8) is 0 Å². The molecular weight excluding hydrogens is 288 g/mol. The van der Waals surface area contributed by atoms with Crippen LogP contribution in [0.4, 0.5) is 0 Å². The molecule has 0 unspecified atom stereocenters. The van der Waals surface area contributed by atoms with E-state index < -0.39 is 5.97 Å². The van der Waals surface area contributed by atoms with Gasteiger partial charge in [0.2, 0.25) is 5.76 Å². The van der Waals surface area contributed by atoms with Crippen LogP contribution in [0.25, 0.3) is 10.2 Å². The molecule has 1 aromatic rings. The van der Waals surface area contributed by atoms with Gasteiger partial charge in [-0.15, -0.1) is 0 Å². The molecule has 0 fully saturated rings. The van der Waals surface area contributed by atoms with Gasteiger partial charge in [0.05, 0.1) is 13.7 Å². The summed E-state index contributed by atoms with van der Waals surface area (Å²) in [5.41, 5.74) is 0.619. The summed E-state index contributed by atoms with van der Waals surface area (Å²) < 4.78 is 16.7. The molecule has 92 valence electrons. The smallest absolute Gasteiger partial charge is 0.374 e. The van der Waals surface area contributed by atoms with Crippen LogP contribution in [0.1, 0.15) is 30.3 Å². The van der Waals surface area contributed by atoms with E-state index in [4.69, 9.17) is 13.9 Å². The highest BCUT2D eigenvalue weighted by Crippen LogP contribution is 2.20. The van der Waals surface area contributed by atoms with Crippen molar-refractivity contribution in [2.45, 2.75) is 19.8 Å². The van der Waals surface area contributed by atoms with Gasteiger partial charge in [0.1, 0.15) is 5.76 Å². The summed E-state index contributed by atoms with van der Waals surface area (Å²) in [5, 5.41) is 0.871. The fraction of sp³-hybridized carbons (Fsp3) is 0.417. The highest BCUT2D eigenvalue weighted by Gasteiger charge is 2.18. The van der Waals surface area contributed by atoms with Crippen LogP contribution in [0.15, 0.2) is 10.5 Å². The van der Waals surface area contributed by atoms with Crippen molar-refractivity contribution in [3.8, 4) is 0 Å². The minimum absolute atomic E-state index is 0.213. The molecule has 0 saturated heterocycles. The third-order valence-electron chi connectivity index (χ3n) is 2.57. The fourth-order valence-electron chi connectivity index (χ4n) is 1.77. The zero-order chi connectivity index (χ0) is 12.4. The van der Waals surface area contributed by atoms with Gasteiger partial charge in [-0.05, 0) is 13.3 Å². The van der Waals surface area contributed by atoms with Crippen molar-refractivity contribution in [3.05, 3.63) is 22.5 Å². The molecule has 1 aliphatic carbocycles. The van der Waals surface area contributed by atoms with Gasteiger partial charge in [-0.3, -0.25) is 0 Å². The molecule has 1 heterocycles. The summed E-state index contributed by atoms with van der Waals surface area (Å²) in [6.45, 7) is 2.09. The van der Waals surface area contributed by atoms with E-state index in [9.17, 15) is 4.79 Å². The second kappa shape index (κ2) is 4.96. The first kappa shape index (κ1) is 12.2. The Kier molecular flexibility index (Phi) is 3.57. The average molecular weight is 301 g/mol. The molecule has 0 N–H and O–H groups in total. The number of fused-ring (bicyclic) bond motifs is 1. The standard InChI is InChI=1S/C12H13BrO4/c1-3-16-12(14)10-6-7-8(13)4-5-9(15-2)11(7)17-10/h6H,3-5H2,1-2H3. The van der Waals surface area contributed by atoms with E-state index in [-0.39, 0.29) is 5.76 Å². The number of rotatable bonds is 3. The number of hydrogen-bond acceptors (Lipinski definition) is 4. The lowest BCUT2D eigenvalue weighted by Crippen LogP contribution is -2.27. The van der Waals surface area contributed by atoms with E-state index in [1.165, 1.54) is 0 Å². The zero-order valence-corrected chi connectivity index (χ0v) is 11.3. The van der Waals surface area contributed by atoms with E-state index in [1.54, 1.807) is 20.1 Å². The van der Waals surface area contributed by atoms with Gasteiger partial charge in [-0.25, -0.2) is 4.79 Å². The third kappa shape index (κ3) is 2.24. The molecule has 1 aliphatic rings. The topological polar surface area (TPSA) is 48.7 Å². The Bertz CT molecular complexity index is 556. The van der Waals surface area contributed by atoms with Gasteiger partial charge in [-0.1, -0.05) is 15.9 Å². The predicted octanol–water partition coefficient (Wildman–Crippen LogP) is 1.51. The highest BCUT2D eigenvalue weighted by atomic mass is 79.9. The van der Waals surface area contributed by atoms with E-state index in [0.29, 0.717) is 12.0 Å². The summed E-state index contributed by atoms with van der Waals surface area (Å²) in [6.07, 6.45) is 1.61. The summed E-state index contributed by atoms with van der Waals surface area (Å²) in [6, 6.07) is 1.69. The van der Waals surface area contributed by atoms with Gasteiger partial charge in [0.25, 0.3) is 0 Å². The fourth-order valence-corrected chi connectivity index (χ4v) is 2.26. The number of ether oxygens (including phenoxy) is 2. The third-order valence-corrected chi connectivity index (χ3v) is 3.40. The first-order chi connectivity index (χ1) is 8.17. The Labute approximate surface area is 107 Å². The summed E-state index contributed by atoms with van der Waals surface area (Å²) in [5.74, 6) is 0.529. The van der Waals surface area contributed by atoms with Crippen LogP contribution in [0.5, 0.6) is 0 Å². The van der Waals surface area contributed by atoms with Crippen LogP contribution in [0.2, 0.25) is 0 Å². The Morgan fingerprint density at radius 1 is 1.53 bits per heavy atom. The number of methoxy groups -OCH3 is 1. The van der Waals surface area contributed by atoms with Crippen LogP contribution in [-0.2, 0) is 9.47 Å². The van der Waals surface area contributed by atoms with E-state index in [2.05, 4.69) is 15.9 Å². The maximum Gasteiger partial charge on any atom is 0.374 e. The molecule has 1 aromatic heterocycles. The highest BCUT2D eigenvalue weighted by molar-refractivity contribution is 9.14. The summed E-state index contributed by atoms with van der Waals surface area (Å²) in [7, 11) is 1.60. The number of carbonyl (C=O) groups is 1. The number of carbonyl (C=O) groups excluding carboxylic acids is 1. The number of halogens is 1. The Hall–Kier alpha value is -1.23. The molecule has 17 heavy (non-hydrogen) atoms. The van der Waals surface area contributed by atoms with Gasteiger partial charge < -0.3 is 13.9 Å². The van der Waals surface area contributed by atoms with Crippen molar-refractivity contribution in [2.75, 3.05) is 13.7 Å². The summed E-state index contributed by atoms with van der Waals surface area (Å²) in [4.78, 5) is 11.6. The van der Waals surface area contributed by atoms with Crippen LogP contribution in [0, 0.1) is 0 Å². The van der Waals surface area contributed by atoms with Crippen molar-refractivity contribution >= 4 is 32.1 Å². The normalized spacial score (nSPS) is 14.5. The minimum atomic E-state index is -0.447. The Balaban J connectivity index is 2.58. The molecule has 0 radical (unpaired) electrons. The van der Waals surface area contributed by atoms with Crippen molar-refractivity contribution in [1.29, 1.82) is 0 Å². The first-order valence-corrected chi connectivity index (χ1v) is 6.19. The van der Waals surface area contributed by atoms with Gasteiger partial charge in [0.15, 0.2) is 5.42 Å². The molecule has 0 aromatic carbocycles. The first-order valence-electron chi connectivity index (χ1n) is 5.40. The van der Waals surface area contributed by atoms with Crippen LogP contribution in [-0.4, -0.2) is 19.7 Å². The van der Waals surface area contributed by atoms with Crippen molar-refractivity contribution < 1.29 is 18.7 Å². The van der Waals surface area contributed by atoms with Gasteiger partial charge in [-0.2, -0.15) is 0 Å². The molecule has 4 nitrogen and oxygen atoms in total. The van der Waals surface area contributed by atoms with E-state index in [0.717, 1.165) is 28.3 Å². The molecule has 5 heteroatoms. The lowest BCUT2D eigenvalue weighted by atomic mass is 10.1. The van der Waals surface area contributed by atoms with Gasteiger partial charge >= 0.3 is 5.97 Å². The molecule has 0 spiro atoms. The molecule has 0 aliphatic heterocycles. The van der Waals surface area contributed by atoms with Crippen LogP contribution in [0.3, 0.4) is 0 Å². The molecule has 0 amide bonds. The van der Waals surface area contributed by atoms with Crippen molar-refractivity contribution in [2.24, 2.45) is 0 Å². The van der Waals surface area contributed by atoms with Crippen molar-refractivity contribution in [1.82, 2.24) is 0 Å². The molecule has 0 saturated carbocycles. The van der Waals surface area contributed by atoms with Crippen LogP contribution >= 0.6 is 15.9 Å². The average Bonchev–Trinajstić information content (AvgIpc) is 2.76. The van der Waals surface area contributed by atoms with E-state index >= 15 is 0 Å². The molecule has 0 atom stereocenters. The van der Waals surface area contributed by atoms with Crippen LogP contribution < -0.4 is 10.6 Å². The second-order valence-corrected chi connectivity index (χ2v) is 4.56. The van der Waals surface area contributed by atoms with E-state index in [1.807, 2.05) is 0 Å². The number of esters is 1. The maximum atomic E-state index is 11.6. The number of furan rings is 1. The summed E-state index contributed by atoms with van der Waals surface area (Å²) >= 11 is 3.48. The largest absolute Gasteiger partial charge is 0.497 e. The zero-order valence-electron chi connectivity index (χ0n) is 9.71.